The van der Waals surface area contributed by atoms with Gasteiger partial charge in [-0.1, -0.05) is 42.5 Å². The molecule has 4 heteroatoms. The number of hydrogen-bond acceptors (Lipinski definition) is 1. The van der Waals surface area contributed by atoms with Crippen LogP contribution < -0.4 is 0 Å². The van der Waals surface area contributed by atoms with Gasteiger partial charge in [0.25, 0.3) is 0 Å². The summed E-state index contributed by atoms with van der Waals surface area (Å²) in [4.78, 5) is 3.23. The van der Waals surface area contributed by atoms with Crippen molar-refractivity contribution in [2.45, 2.75) is 19.4 Å². The molecule has 0 amide bonds. The molecule has 0 radical (unpaired) electrons. The Balaban J connectivity index is 1.75. The number of halogens is 1. The van der Waals surface area contributed by atoms with E-state index in [-0.39, 0.29) is 5.82 Å². The quantitative estimate of drug-likeness (QED) is 0.645. The fourth-order valence-corrected chi connectivity index (χ4v) is 3.82. The molecular formula is C20H19FN2S. The SMILES string of the molecule is Fc1cccc(Cn2cc(C(=S)N3CCCC3)c3ccccc32)c1. The maximum absolute atomic E-state index is 13.5. The highest BCUT2D eigenvalue weighted by atomic mass is 32.1. The van der Waals surface area contributed by atoms with Crippen LogP contribution in [0.15, 0.2) is 54.7 Å². The molecule has 3 aromatic rings. The molecule has 1 aliphatic heterocycles. The second-order valence-corrected chi connectivity index (χ2v) is 6.70. The number of thiocarbonyl (C=S) groups is 1. The van der Waals surface area contributed by atoms with Gasteiger partial charge < -0.3 is 9.47 Å². The molecule has 0 unspecified atom stereocenters. The molecule has 0 aliphatic carbocycles. The van der Waals surface area contributed by atoms with Gasteiger partial charge in [-0.15, -0.1) is 0 Å². The Morgan fingerprint density at radius 1 is 1.04 bits per heavy atom. The molecule has 0 atom stereocenters. The Kier molecular flexibility index (Phi) is 4.07. The second kappa shape index (κ2) is 6.36. The molecule has 1 fully saturated rings. The summed E-state index contributed by atoms with van der Waals surface area (Å²) in [6.45, 7) is 2.73. The maximum atomic E-state index is 13.5. The van der Waals surface area contributed by atoms with E-state index in [1.165, 1.54) is 24.3 Å². The number of fused-ring (bicyclic) bond motifs is 1. The van der Waals surface area contributed by atoms with Crippen LogP contribution >= 0.6 is 12.2 Å². The van der Waals surface area contributed by atoms with Crippen LogP contribution in [0.25, 0.3) is 10.9 Å². The summed E-state index contributed by atoms with van der Waals surface area (Å²) in [6, 6.07) is 15.1. The summed E-state index contributed by atoms with van der Waals surface area (Å²) in [5.41, 5.74) is 3.20. The summed E-state index contributed by atoms with van der Waals surface area (Å²) in [6.07, 6.45) is 4.54. The molecule has 0 N–H and O–H groups in total. The smallest absolute Gasteiger partial charge is 0.123 e. The molecule has 0 bridgehead atoms. The van der Waals surface area contributed by atoms with Crippen LogP contribution in [0.5, 0.6) is 0 Å². The Morgan fingerprint density at radius 3 is 2.62 bits per heavy atom. The summed E-state index contributed by atoms with van der Waals surface area (Å²) < 4.78 is 15.7. The first-order valence-corrected chi connectivity index (χ1v) is 8.75. The normalized spacial score (nSPS) is 14.5. The molecule has 24 heavy (non-hydrogen) atoms. The molecule has 1 aromatic heterocycles. The number of rotatable bonds is 3. The Bertz CT molecular complexity index is 894. The van der Waals surface area contributed by atoms with E-state index < -0.39 is 0 Å². The van der Waals surface area contributed by atoms with E-state index >= 15 is 0 Å². The molecule has 2 aromatic carbocycles. The second-order valence-electron chi connectivity index (χ2n) is 6.32. The summed E-state index contributed by atoms with van der Waals surface area (Å²) in [5, 5.41) is 1.17. The first-order chi connectivity index (χ1) is 11.7. The Morgan fingerprint density at radius 2 is 1.83 bits per heavy atom. The molecule has 0 spiro atoms. The number of nitrogens with zero attached hydrogens (tertiary/aromatic N) is 2. The molecule has 4 rings (SSSR count). The fourth-order valence-electron chi connectivity index (χ4n) is 3.47. The van der Waals surface area contributed by atoms with Crippen LogP contribution in [0, 0.1) is 5.82 Å². The highest BCUT2D eigenvalue weighted by Gasteiger charge is 2.20. The van der Waals surface area contributed by atoms with Gasteiger partial charge in [-0.25, -0.2) is 4.39 Å². The zero-order valence-corrected chi connectivity index (χ0v) is 14.2. The maximum Gasteiger partial charge on any atom is 0.123 e. The third-order valence-electron chi connectivity index (χ3n) is 4.65. The number of para-hydroxylation sites is 1. The zero-order valence-electron chi connectivity index (χ0n) is 13.4. The number of likely N-dealkylation sites (tertiary alicyclic amines) is 1. The van der Waals surface area contributed by atoms with E-state index in [1.54, 1.807) is 12.1 Å². The summed E-state index contributed by atoms with van der Waals surface area (Å²) in [5.74, 6) is -0.197. The van der Waals surface area contributed by atoms with Crippen molar-refractivity contribution in [2.24, 2.45) is 0 Å². The van der Waals surface area contributed by atoms with Crippen LogP contribution in [-0.2, 0) is 6.54 Å². The van der Waals surface area contributed by atoms with Gasteiger partial charge in [0.15, 0.2) is 0 Å². The number of benzene rings is 2. The zero-order chi connectivity index (χ0) is 16.5. The van der Waals surface area contributed by atoms with Crippen molar-refractivity contribution in [1.82, 2.24) is 9.47 Å². The van der Waals surface area contributed by atoms with Crippen molar-refractivity contribution >= 4 is 28.1 Å². The largest absolute Gasteiger partial charge is 0.362 e. The topological polar surface area (TPSA) is 8.17 Å². The lowest BCUT2D eigenvalue weighted by Gasteiger charge is -2.17. The lowest BCUT2D eigenvalue weighted by atomic mass is 10.1. The van der Waals surface area contributed by atoms with Crippen molar-refractivity contribution in [1.29, 1.82) is 0 Å². The summed E-state index contributed by atoms with van der Waals surface area (Å²) >= 11 is 5.76. The predicted molar refractivity (Wildman–Crippen MR) is 99.9 cm³/mol. The number of aromatic nitrogens is 1. The first kappa shape index (κ1) is 15.3. The van der Waals surface area contributed by atoms with E-state index in [2.05, 4.69) is 27.8 Å². The van der Waals surface area contributed by atoms with Crippen LogP contribution in [0.4, 0.5) is 4.39 Å². The lowest BCUT2D eigenvalue weighted by Crippen LogP contribution is -2.26. The minimum atomic E-state index is -0.197. The van der Waals surface area contributed by atoms with Gasteiger partial charge in [-0.2, -0.15) is 0 Å². The van der Waals surface area contributed by atoms with Crippen LogP contribution in [0.3, 0.4) is 0 Å². The first-order valence-electron chi connectivity index (χ1n) is 8.34. The van der Waals surface area contributed by atoms with Crippen molar-refractivity contribution in [3.05, 3.63) is 71.7 Å². The van der Waals surface area contributed by atoms with Gasteiger partial charge in [0.1, 0.15) is 10.8 Å². The van der Waals surface area contributed by atoms with Gasteiger partial charge in [0.05, 0.1) is 0 Å². The minimum Gasteiger partial charge on any atom is -0.362 e. The van der Waals surface area contributed by atoms with E-state index in [0.717, 1.165) is 34.7 Å². The summed E-state index contributed by atoms with van der Waals surface area (Å²) in [7, 11) is 0. The molecule has 1 aliphatic rings. The predicted octanol–water partition coefficient (Wildman–Crippen LogP) is 4.60. The molecule has 2 heterocycles. The lowest BCUT2D eigenvalue weighted by molar-refractivity contribution is 0.530. The van der Waals surface area contributed by atoms with Gasteiger partial charge in [0.2, 0.25) is 0 Å². The highest BCUT2D eigenvalue weighted by Crippen LogP contribution is 2.25. The van der Waals surface area contributed by atoms with E-state index in [4.69, 9.17) is 12.2 Å². The molecule has 122 valence electrons. The number of hydrogen-bond donors (Lipinski definition) is 0. The van der Waals surface area contributed by atoms with Gasteiger partial charge in [0, 0.05) is 42.3 Å². The third kappa shape index (κ3) is 2.82. The highest BCUT2D eigenvalue weighted by molar-refractivity contribution is 7.80. The monoisotopic (exact) mass is 338 g/mol. The fraction of sp³-hybridized carbons (Fsp3) is 0.250. The van der Waals surface area contributed by atoms with Crippen LogP contribution in [0.1, 0.15) is 24.0 Å². The Labute approximate surface area is 146 Å². The average molecular weight is 338 g/mol. The Hall–Kier alpha value is -2.20. The standard InChI is InChI=1S/C20H19FN2S/c21-16-7-5-6-15(12-16)13-23-14-18(17-8-1-2-9-19(17)23)20(24)22-10-3-4-11-22/h1-2,5-9,12,14H,3-4,10-11,13H2. The average Bonchev–Trinajstić information content (AvgIpc) is 3.23. The van der Waals surface area contributed by atoms with Crippen molar-refractivity contribution < 1.29 is 4.39 Å². The molecular weight excluding hydrogens is 319 g/mol. The van der Waals surface area contributed by atoms with E-state index in [9.17, 15) is 4.39 Å². The van der Waals surface area contributed by atoms with Crippen LogP contribution in [-0.4, -0.2) is 27.5 Å². The van der Waals surface area contributed by atoms with Crippen molar-refractivity contribution in [3.63, 3.8) is 0 Å². The van der Waals surface area contributed by atoms with Crippen LogP contribution in [0.2, 0.25) is 0 Å². The van der Waals surface area contributed by atoms with Crippen molar-refractivity contribution in [3.8, 4) is 0 Å². The molecule has 2 nitrogen and oxygen atoms in total. The van der Waals surface area contributed by atoms with Gasteiger partial charge in [-0.3, -0.25) is 0 Å². The van der Waals surface area contributed by atoms with Crippen molar-refractivity contribution in [2.75, 3.05) is 13.1 Å². The minimum absolute atomic E-state index is 0.197. The third-order valence-corrected chi connectivity index (χ3v) is 5.13. The van der Waals surface area contributed by atoms with E-state index in [0.29, 0.717) is 6.54 Å². The van der Waals surface area contributed by atoms with E-state index in [1.807, 2.05) is 18.2 Å². The molecule has 1 saturated heterocycles. The van der Waals surface area contributed by atoms with Gasteiger partial charge >= 0.3 is 0 Å². The van der Waals surface area contributed by atoms with Gasteiger partial charge in [-0.05, 0) is 36.6 Å². The molecule has 0 saturated carbocycles.